The van der Waals surface area contributed by atoms with E-state index in [1.807, 2.05) is 13.8 Å². The number of amides is 3. The van der Waals surface area contributed by atoms with Crippen LogP contribution in [0.15, 0.2) is 24.3 Å². The molecule has 0 aromatic heterocycles. The minimum Gasteiger partial charge on any atom is -0.343 e. The van der Waals surface area contributed by atoms with E-state index in [0.717, 1.165) is 12.1 Å². The minimum atomic E-state index is -4.47. The van der Waals surface area contributed by atoms with Crippen LogP contribution in [0, 0.1) is 5.92 Å². The van der Waals surface area contributed by atoms with Crippen molar-refractivity contribution in [3.63, 3.8) is 0 Å². The van der Waals surface area contributed by atoms with Gasteiger partial charge in [-0.1, -0.05) is 6.07 Å². The number of alkyl halides is 3. The Hall–Kier alpha value is -2.25. The van der Waals surface area contributed by atoms with Crippen LogP contribution in [-0.4, -0.2) is 47.9 Å². The first-order valence-electron chi connectivity index (χ1n) is 8.78. The molecule has 1 heterocycles. The number of carbonyl (C=O) groups is 2. The van der Waals surface area contributed by atoms with Gasteiger partial charge in [-0.05, 0) is 44.9 Å². The first-order chi connectivity index (χ1) is 12.3. The summed E-state index contributed by atoms with van der Waals surface area (Å²) in [6, 6.07) is 4.04. The predicted molar refractivity (Wildman–Crippen MR) is 92.7 cm³/mol. The molecule has 1 fully saturated rings. The molecule has 1 saturated heterocycles. The van der Waals surface area contributed by atoms with Gasteiger partial charge < -0.3 is 15.1 Å². The van der Waals surface area contributed by atoms with Crippen molar-refractivity contribution in [3.8, 4) is 0 Å². The molecular weight excluding hydrogens is 347 g/mol. The maximum absolute atomic E-state index is 12.8. The van der Waals surface area contributed by atoms with E-state index in [2.05, 4.69) is 5.32 Å². The van der Waals surface area contributed by atoms with Crippen molar-refractivity contribution in [2.75, 3.05) is 31.5 Å². The average Bonchev–Trinajstić information content (AvgIpc) is 2.62. The number of nitrogens with zero attached hydrogens (tertiary/aromatic N) is 2. The van der Waals surface area contributed by atoms with E-state index in [0.29, 0.717) is 32.5 Å². The molecule has 0 spiro atoms. The van der Waals surface area contributed by atoms with Crippen molar-refractivity contribution in [3.05, 3.63) is 29.8 Å². The lowest BCUT2D eigenvalue weighted by molar-refractivity contribution is -0.138. The summed E-state index contributed by atoms with van der Waals surface area (Å²) in [6.45, 7) is 5.79. The molecule has 1 atom stereocenters. The van der Waals surface area contributed by atoms with Crippen LogP contribution in [0.3, 0.4) is 0 Å². The van der Waals surface area contributed by atoms with Crippen LogP contribution in [0.2, 0.25) is 0 Å². The third kappa shape index (κ3) is 4.89. The smallest absolute Gasteiger partial charge is 0.343 e. The Labute approximate surface area is 151 Å². The molecule has 1 N–H and O–H groups in total. The summed E-state index contributed by atoms with van der Waals surface area (Å²) in [5.41, 5.74) is -0.731. The Morgan fingerprint density at radius 2 is 1.96 bits per heavy atom. The van der Waals surface area contributed by atoms with E-state index in [4.69, 9.17) is 0 Å². The van der Waals surface area contributed by atoms with Gasteiger partial charge >= 0.3 is 12.2 Å². The Morgan fingerprint density at radius 1 is 1.27 bits per heavy atom. The van der Waals surface area contributed by atoms with E-state index < -0.39 is 17.8 Å². The number of likely N-dealkylation sites (tertiary alicyclic amines) is 1. The first kappa shape index (κ1) is 20.1. The number of anilines is 1. The molecule has 0 radical (unpaired) electrons. The number of piperidine rings is 1. The van der Waals surface area contributed by atoms with E-state index >= 15 is 0 Å². The van der Waals surface area contributed by atoms with Gasteiger partial charge in [-0.3, -0.25) is 4.79 Å². The molecule has 0 bridgehead atoms. The molecule has 3 amide bonds. The molecule has 2 rings (SSSR count). The Kier molecular flexibility index (Phi) is 6.50. The van der Waals surface area contributed by atoms with Gasteiger partial charge in [0.2, 0.25) is 5.91 Å². The average molecular weight is 371 g/mol. The van der Waals surface area contributed by atoms with Crippen molar-refractivity contribution in [2.24, 2.45) is 5.92 Å². The van der Waals surface area contributed by atoms with Gasteiger partial charge in [-0.2, -0.15) is 13.2 Å². The second-order valence-electron chi connectivity index (χ2n) is 6.30. The van der Waals surface area contributed by atoms with Crippen LogP contribution < -0.4 is 5.32 Å². The Balaban J connectivity index is 2.02. The van der Waals surface area contributed by atoms with Crippen molar-refractivity contribution in [1.29, 1.82) is 0 Å². The van der Waals surface area contributed by atoms with Gasteiger partial charge in [0.25, 0.3) is 0 Å². The monoisotopic (exact) mass is 371 g/mol. The van der Waals surface area contributed by atoms with E-state index in [1.54, 1.807) is 4.90 Å². The fourth-order valence-electron chi connectivity index (χ4n) is 3.13. The lowest BCUT2D eigenvalue weighted by Crippen LogP contribution is -2.47. The van der Waals surface area contributed by atoms with Crippen molar-refractivity contribution in [1.82, 2.24) is 9.80 Å². The number of urea groups is 1. The number of benzene rings is 1. The molecule has 0 saturated carbocycles. The molecule has 1 aliphatic heterocycles. The Morgan fingerprint density at radius 3 is 2.58 bits per heavy atom. The topological polar surface area (TPSA) is 52.7 Å². The zero-order chi connectivity index (χ0) is 19.3. The summed E-state index contributed by atoms with van der Waals surface area (Å²) in [5, 5.41) is 2.50. The Bertz CT molecular complexity index is 645. The van der Waals surface area contributed by atoms with Gasteiger partial charge in [-0.15, -0.1) is 0 Å². The van der Waals surface area contributed by atoms with Gasteiger partial charge in [0.1, 0.15) is 0 Å². The van der Waals surface area contributed by atoms with Crippen LogP contribution in [0.5, 0.6) is 0 Å². The highest BCUT2D eigenvalue weighted by Crippen LogP contribution is 2.30. The number of nitrogens with one attached hydrogen (secondary N) is 1. The van der Waals surface area contributed by atoms with Gasteiger partial charge in [0.15, 0.2) is 0 Å². The summed E-state index contributed by atoms with van der Waals surface area (Å²) in [7, 11) is 0. The zero-order valence-electron chi connectivity index (χ0n) is 15.0. The van der Waals surface area contributed by atoms with Gasteiger partial charge in [0.05, 0.1) is 11.5 Å². The lowest BCUT2D eigenvalue weighted by Gasteiger charge is -2.34. The van der Waals surface area contributed by atoms with Crippen LogP contribution in [-0.2, 0) is 11.0 Å². The molecule has 1 aromatic rings. The van der Waals surface area contributed by atoms with Gasteiger partial charge in [-0.25, -0.2) is 4.79 Å². The summed E-state index contributed by atoms with van der Waals surface area (Å²) in [4.78, 5) is 28.1. The molecule has 5 nitrogen and oxygen atoms in total. The molecule has 1 aliphatic rings. The number of halogens is 3. The van der Waals surface area contributed by atoms with E-state index in [1.165, 1.54) is 17.0 Å². The van der Waals surface area contributed by atoms with Crippen LogP contribution in [0.1, 0.15) is 32.3 Å². The summed E-state index contributed by atoms with van der Waals surface area (Å²) in [5.74, 6) is -0.248. The number of hydrogen-bond donors (Lipinski definition) is 1. The van der Waals surface area contributed by atoms with Crippen LogP contribution in [0.25, 0.3) is 0 Å². The maximum atomic E-state index is 12.8. The second-order valence-corrected chi connectivity index (χ2v) is 6.30. The minimum absolute atomic E-state index is 0.0200. The fraction of sp³-hybridized carbons (Fsp3) is 0.556. The molecule has 0 unspecified atom stereocenters. The standard InChI is InChI=1S/C18H24F3N3O2/c1-3-23(4-2)16(25)13-7-6-10-24(12-13)17(26)22-15-9-5-8-14(11-15)18(19,20)21/h5,8-9,11,13H,3-4,6-7,10,12H2,1-2H3,(H,22,26)/t13-/m1/s1. The van der Waals surface area contributed by atoms with Crippen molar-refractivity contribution in [2.45, 2.75) is 32.9 Å². The zero-order valence-corrected chi connectivity index (χ0v) is 15.0. The predicted octanol–water partition coefficient (Wildman–Crippen LogP) is 3.82. The third-order valence-electron chi connectivity index (χ3n) is 4.57. The summed E-state index contributed by atoms with van der Waals surface area (Å²) in [6.07, 6.45) is -3.07. The number of carbonyl (C=O) groups excluding carboxylic acids is 2. The molecule has 1 aromatic carbocycles. The van der Waals surface area contributed by atoms with E-state index in [9.17, 15) is 22.8 Å². The van der Waals surface area contributed by atoms with Crippen molar-refractivity contribution >= 4 is 17.6 Å². The molecular formula is C18H24F3N3O2. The quantitative estimate of drug-likeness (QED) is 0.875. The lowest BCUT2D eigenvalue weighted by atomic mass is 9.96. The first-order valence-corrected chi connectivity index (χ1v) is 8.78. The normalized spacial score (nSPS) is 17.7. The van der Waals surface area contributed by atoms with Crippen molar-refractivity contribution < 1.29 is 22.8 Å². The molecule has 0 aliphatic carbocycles. The SMILES string of the molecule is CCN(CC)C(=O)[C@@H]1CCCN(C(=O)Nc2cccc(C(F)(F)F)c2)C1. The molecule has 26 heavy (non-hydrogen) atoms. The number of hydrogen-bond acceptors (Lipinski definition) is 2. The third-order valence-corrected chi connectivity index (χ3v) is 4.57. The van der Waals surface area contributed by atoms with E-state index in [-0.39, 0.29) is 24.1 Å². The van der Waals surface area contributed by atoms with Crippen LogP contribution in [0.4, 0.5) is 23.7 Å². The highest BCUT2D eigenvalue weighted by atomic mass is 19.4. The number of rotatable bonds is 4. The highest BCUT2D eigenvalue weighted by Gasteiger charge is 2.32. The molecule has 144 valence electrons. The highest BCUT2D eigenvalue weighted by molar-refractivity contribution is 5.90. The fourth-order valence-corrected chi connectivity index (χ4v) is 3.13. The second kappa shape index (κ2) is 8.42. The summed E-state index contributed by atoms with van der Waals surface area (Å²) >= 11 is 0. The van der Waals surface area contributed by atoms with Gasteiger partial charge in [0, 0.05) is 31.9 Å². The molecule has 8 heteroatoms. The van der Waals surface area contributed by atoms with Crippen LogP contribution >= 0.6 is 0 Å². The largest absolute Gasteiger partial charge is 0.416 e. The summed E-state index contributed by atoms with van der Waals surface area (Å²) < 4.78 is 38.3. The maximum Gasteiger partial charge on any atom is 0.416 e.